The van der Waals surface area contributed by atoms with Gasteiger partial charge in [0, 0.05) is 12.6 Å². The van der Waals surface area contributed by atoms with Gasteiger partial charge in [-0.25, -0.2) is 0 Å². The molecule has 0 aromatic heterocycles. The van der Waals surface area contributed by atoms with Crippen molar-refractivity contribution in [3.63, 3.8) is 0 Å². The zero-order chi connectivity index (χ0) is 12.9. The standard InChI is InChI=1S/C12H23N3O/c1-9(2)15(8-6-7-13)11(16)10(14)12(3,4)5/h9-10H,6,8,14H2,1-5H3/t10-/m0/s1. The van der Waals surface area contributed by atoms with Crippen molar-refractivity contribution in [1.82, 2.24) is 4.90 Å². The first-order valence-corrected chi connectivity index (χ1v) is 5.64. The van der Waals surface area contributed by atoms with Gasteiger partial charge in [0.05, 0.1) is 18.5 Å². The molecule has 1 amide bonds. The van der Waals surface area contributed by atoms with Crippen LogP contribution in [0, 0.1) is 16.7 Å². The lowest BCUT2D eigenvalue weighted by atomic mass is 9.86. The Labute approximate surface area is 98.4 Å². The number of rotatable bonds is 4. The molecule has 0 saturated heterocycles. The van der Waals surface area contributed by atoms with Crippen molar-refractivity contribution in [3.8, 4) is 6.07 Å². The van der Waals surface area contributed by atoms with Crippen LogP contribution in [-0.4, -0.2) is 29.4 Å². The third-order valence-corrected chi connectivity index (χ3v) is 2.57. The average Bonchev–Trinajstić information content (AvgIpc) is 2.15. The second kappa shape index (κ2) is 5.86. The number of hydrogen-bond acceptors (Lipinski definition) is 3. The van der Waals surface area contributed by atoms with E-state index >= 15 is 0 Å². The molecule has 0 rings (SSSR count). The number of hydrogen-bond donors (Lipinski definition) is 1. The molecule has 0 aromatic carbocycles. The number of carbonyl (C=O) groups is 1. The Morgan fingerprint density at radius 2 is 1.94 bits per heavy atom. The van der Waals surface area contributed by atoms with Gasteiger partial charge in [0.25, 0.3) is 0 Å². The summed E-state index contributed by atoms with van der Waals surface area (Å²) >= 11 is 0. The minimum atomic E-state index is -0.520. The molecule has 2 N–H and O–H groups in total. The second-order valence-electron chi connectivity index (χ2n) is 5.38. The fourth-order valence-electron chi connectivity index (χ4n) is 1.34. The Kier molecular flexibility index (Phi) is 5.46. The van der Waals surface area contributed by atoms with Crippen LogP contribution in [0.4, 0.5) is 0 Å². The molecule has 0 bridgehead atoms. The molecule has 0 fully saturated rings. The molecular weight excluding hydrogens is 202 g/mol. The van der Waals surface area contributed by atoms with Crippen LogP contribution in [0.2, 0.25) is 0 Å². The van der Waals surface area contributed by atoms with E-state index < -0.39 is 6.04 Å². The van der Waals surface area contributed by atoms with E-state index in [0.29, 0.717) is 13.0 Å². The minimum Gasteiger partial charge on any atom is -0.338 e. The van der Waals surface area contributed by atoms with Crippen molar-refractivity contribution in [2.75, 3.05) is 6.54 Å². The van der Waals surface area contributed by atoms with Gasteiger partial charge in [-0.3, -0.25) is 4.79 Å². The molecule has 92 valence electrons. The highest BCUT2D eigenvalue weighted by molar-refractivity contribution is 5.82. The molecule has 0 saturated carbocycles. The Hall–Kier alpha value is -1.08. The molecule has 16 heavy (non-hydrogen) atoms. The van der Waals surface area contributed by atoms with E-state index in [-0.39, 0.29) is 17.4 Å². The van der Waals surface area contributed by atoms with Crippen LogP contribution in [0.25, 0.3) is 0 Å². The van der Waals surface area contributed by atoms with Crippen LogP contribution < -0.4 is 5.73 Å². The Bertz CT molecular complexity index is 273. The zero-order valence-electron chi connectivity index (χ0n) is 10.9. The molecule has 1 atom stereocenters. The first-order valence-electron chi connectivity index (χ1n) is 5.64. The Morgan fingerprint density at radius 3 is 2.25 bits per heavy atom. The highest BCUT2D eigenvalue weighted by Crippen LogP contribution is 2.20. The second-order valence-corrected chi connectivity index (χ2v) is 5.38. The summed E-state index contributed by atoms with van der Waals surface area (Å²) in [7, 11) is 0. The smallest absolute Gasteiger partial charge is 0.240 e. The Balaban J connectivity index is 4.69. The van der Waals surface area contributed by atoms with Crippen molar-refractivity contribution >= 4 is 5.91 Å². The van der Waals surface area contributed by atoms with E-state index in [1.54, 1.807) is 4.90 Å². The summed E-state index contributed by atoms with van der Waals surface area (Å²) in [5.74, 6) is -0.0715. The van der Waals surface area contributed by atoms with Crippen LogP contribution in [0.3, 0.4) is 0 Å². The molecule has 0 aliphatic carbocycles. The molecule has 4 nitrogen and oxygen atoms in total. The molecule has 0 spiro atoms. The van der Waals surface area contributed by atoms with Crippen molar-refractivity contribution < 1.29 is 4.79 Å². The van der Waals surface area contributed by atoms with Crippen LogP contribution in [0.15, 0.2) is 0 Å². The third-order valence-electron chi connectivity index (χ3n) is 2.57. The largest absolute Gasteiger partial charge is 0.338 e. The molecule has 0 aliphatic rings. The predicted octanol–water partition coefficient (Wildman–Crippen LogP) is 1.51. The first-order chi connectivity index (χ1) is 7.21. The monoisotopic (exact) mass is 225 g/mol. The lowest BCUT2D eigenvalue weighted by molar-refractivity contribution is -0.136. The summed E-state index contributed by atoms with van der Waals surface area (Å²) in [5, 5.41) is 8.56. The van der Waals surface area contributed by atoms with Crippen molar-refractivity contribution in [2.45, 2.75) is 53.1 Å². The lowest BCUT2D eigenvalue weighted by Gasteiger charge is -2.34. The molecule has 0 heterocycles. The van der Waals surface area contributed by atoms with Gasteiger partial charge in [-0.1, -0.05) is 20.8 Å². The average molecular weight is 225 g/mol. The molecular formula is C12H23N3O. The molecule has 0 aliphatic heterocycles. The highest BCUT2D eigenvalue weighted by atomic mass is 16.2. The predicted molar refractivity (Wildman–Crippen MR) is 64.5 cm³/mol. The maximum Gasteiger partial charge on any atom is 0.240 e. The van der Waals surface area contributed by atoms with Gasteiger partial charge >= 0.3 is 0 Å². The number of nitriles is 1. The van der Waals surface area contributed by atoms with Crippen molar-refractivity contribution in [3.05, 3.63) is 0 Å². The maximum absolute atomic E-state index is 12.1. The quantitative estimate of drug-likeness (QED) is 0.788. The fourth-order valence-corrected chi connectivity index (χ4v) is 1.34. The summed E-state index contributed by atoms with van der Waals surface area (Å²) in [4.78, 5) is 13.8. The van der Waals surface area contributed by atoms with Crippen LogP contribution in [0.1, 0.15) is 41.0 Å². The van der Waals surface area contributed by atoms with E-state index in [9.17, 15) is 4.79 Å². The molecule has 4 heteroatoms. The van der Waals surface area contributed by atoms with E-state index in [0.717, 1.165) is 0 Å². The first kappa shape index (κ1) is 14.9. The van der Waals surface area contributed by atoms with Crippen LogP contribution in [0.5, 0.6) is 0 Å². The van der Waals surface area contributed by atoms with E-state index in [2.05, 4.69) is 6.07 Å². The van der Waals surface area contributed by atoms with Crippen molar-refractivity contribution in [1.29, 1.82) is 5.26 Å². The number of amides is 1. The number of nitrogens with zero attached hydrogens (tertiary/aromatic N) is 2. The SMILES string of the molecule is CC(C)N(CCC#N)C(=O)[C@H](N)C(C)(C)C. The minimum absolute atomic E-state index is 0.0715. The number of carbonyl (C=O) groups excluding carboxylic acids is 1. The summed E-state index contributed by atoms with van der Waals surface area (Å²) in [6.07, 6.45) is 0.348. The topological polar surface area (TPSA) is 70.1 Å². The van der Waals surface area contributed by atoms with Gasteiger partial charge in [0.2, 0.25) is 5.91 Å². The third kappa shape index (κ3) is 4.19. The summed E-state index contributed by atoms with van der Waals surface area (Å²) < 4.78 is 0. The summed E-state index contributed by atoms with van der Waals surface area (Å²) in [6, 6.07) is 1.61. The van der Waals surface area contributed by atoms with Gasteiger partial charge in [-0.15, -0.1) is 0 Å². The van der Waals surface area contributed by atoms with Crippen LogP contribution >= 0.6 is 0 Å². The van der Waals surface area contributed by atoms with Crippen molar-refractivity contribution in [2.24, 2.45) is 11.1 Å². The van der Waals surface area contributed by atoms with E-state index in [1.165, 1.54) is 0 Å². The van der Waals surface area contributed by atoms with E-state index in [1.807, 2.05) is 34.6 Å². The van der Waals surface area contributed by atoms with Gasteiger partial charge in [0.15, 0.2) is 0 Å². The summed E-state index contributed by atoms with van der Waals surface area (Å²) in [6.45, 7) is 10.2. The fraction of sp³-hybridized carbons (Fsp3) is 0.833. The Morgan fingerprint density at radius 1 is 1.44 bits per heavy atom. The molecule has 0 aromatic rings. The highest BCUT2D eigenvalue weighted by Gasteiger charge is 2.31. The van der Waals surface area contributed by atoms with Gasteiger partial charge in [-0.2, -0.15) is 5.26 Å². The summed E-state index contributed by atoms with van der Waals surface area (Å²) in [5.41, 5.74) is 5.68. The number of nitrogens with two attached hydrogens (primary N) is 1. The normalized spacial score (nSPS) is 13.4. The maximum atomic E-state index is 12.1. The lowest BCUT2D eigenvalue weighted by Crippen LogP contribution is -2.52. The molecule has 0 radical (unpaired) electrons. The zero-order valence-corrected chi connectivity index (χ0v) is 10.9. The molecule has 0 unspecified atom stereocenters. The van der Waals surface area contributed by atoms with Crippen LogP contribution in [-0.2, 0) is 4.79 Å². The van der Waals surface area contributed by atoms with Gasteiger partial charge in [-0.05, 0) is 19.3 Å². The van der Waals surface area contributed by atoms with Gasteiger partial charge in [0.1, 0.15) is 0 Å². The van der Waals surface area contributed by atoms with E-state index in [4.69, 9.17) is 11.0 Å². The van der Waals surface area contributed by atoms with Gasteiger partial charge < -0.3 is 10.6 Å².